The van der Waals surface area contributed by atoms with Crippen molar-refractivity contribution in [2.24, 2.45) is 5.10 Å². The van der Waals surface area contributed by atoms with E-state index in [9.17, 15) is 4.79 Å². The second-order valence-electron chi connectivity index (χ2n) is 2.82. The topological polar surface area (TPSA) is 32.7 Å². The van der Waals surface area contributed by atoms with Crippen LogP contribution in [0.5, 0.6) is 0 Å². The summed E-state index contributed by atoms with van der Waals surface area (Å²) in [7, 11) is 3.55. The molecule has 0 aromatic heterocycles. The van der Waals surface area contributed by atoms with Crippen molar-refractivity contribution in [1.82, 2.24) is 5.01 Å². The molecule has 0 aliphatic carbocycles. The monoisotopic (exact) mass is 176 g/mol. The van der Waals surface area contributed by atoms with Crippen LogP contribution in [-0.4, -0.2) is 31.1 Å². The Bertz CT molecular complexity index is 304. The van der Waals surface area contributed by atoms with E-state index in [4.69, 9.17) is 0 Å². The summed E-state index contributed by atoms with van der Waals surface area (Å²) < 4.78 is 0. The normalized spacial score (nSPS) is 10.3. The predicted octanol–water partition coefficient (Wildman–Crippen LogP) is 1.42. The summed E-state index contributed by atoms with van der Waals surface area (Å²) in [4.78, 5) is 11.4. The molecule has 0 bridgehead atoms. The van der Waals surface area contributed by atoms with E-state index in [0.717, 1.165) is 0 Å². The Hall–Kier alpha value is -1.64. The number of benzene rings is 1. The van der Waals surface area contributed by atoms with Crippen LogP contribution in [0.2, 0.25) is 0 Å². The van der Waals surface area contributed by atoms with Crippen molar-refractivity contribution in [2.75, 3.05) is 14.1 Å². The first kappa shape index (κ1) is 9.45. The van der Waals surface area contributed by atoms with E-state index in [1.54, 1.807) is 31.2 Å². The van der Waals surface area contributed by atoms with Gasteiger partial charge in [-0.2, -0.15) is 5.10 Å². The highest BCUT2D eigenvalue weighted by Gasteiger charge is 1.99. The van der Waals surface area contributed by atoms with Crippen LogP contribution in [0.1, 0.15) is 10.4 Å². The molecule has 0 unspecified atom stereocenters. The minimum atomic E-state index is -0.0747. The molecule has 0 saturated heterocycles. The molecule has 0 fully saturated rings. The highest BCUT2D eigenvalue weighted by molar-refractivity contribution is 6.35. The number of carbonyl (C=O) groups excluding carboxylic acids is 1. The van der Waals surface area contributed by atoms with E-state index in [1.807, 2.05) is 18.2 Å². The van der Waals surface area contributed by atoms with Gasteiger partial charge in [-0.25, -0.2) is 0 Å². The first-order valence-electron chi connectivity index (χ1n) is 4.01. The molecule has 3 heteroatoms. The number of carbonyl (C=O) groups is 1. The first-order chi connectivity index (χ1) is 6.20. The lowest BCUT2D eigenvalue weighted by molar-refractivity contribution is 0.106. The molecule has 3 nitrogen and oxygen atoms in total. The highest BCUT2D eigenvalue weighted by atomic mass is 16.1. The Morgan fingerprint density at radius 2 is 1.92 bits per heavy atom. The Balaban J connectivity index is 2.70. The molecule has 68 valence electrons. The van der Waals surface area contributed by atoms with E-state index in [2.05, 4.69) is 5.10 Å². The van der Waals surface area contributed by atoms with Crippen LogP contribution in [0.25, 0.3) is 0 Å². The predicted molar refractivity (Wildman–Crippen MR) is 53.0 cm³/mol. The Morgan fingerprint density at radius 3 is 2.46 bits per heavy atom. The van der Waals surface area contributed by atoms with Gasteiger partial charge in [-0.1, -0.05) is 30.3 Å². The van der Waals surface area contributed by atoms with Gasteiger partial charge in [0.1, 0.15) is 0 Å². The SMILES string of the molecule is CN(C)/N=C\C(=O)c1ccccc1. The molecule has 0 N–H and O–H groups in total. The molecular formula is C10H12N2O. The lowest BCUT2D eigenvalue weighted by Gasteiger charge is -2.01. The molecule has 0 amide bonds. The van der Waals surface area contributed by atoms with Crippen LogP contribution in [0.15, 0.2) is 35.4 Å². The molecule has 1 aromatic rings. The lowest BCUT2D eigenvalue weighted by Crippen LogP contribution is -2.07. The van der Waals surface area contributed by atoms with Gasteiger partial charge in [0.05, 0.1) is 6.21 Å². The standard InChI is InChI=1S/C10H12N2O/c1-12(2)11-8-10(13)9-6-4-3-5-7-9/h3-8H,1-2H3/b11-8-. The van der Waals surface area contributed by atoms with Gasteiger partial charge < -0.3 is 5.01 Å². The van der Waals surface area contributed by atoms with Gasteiger partial charge in [-0.05, 0) is 0 Å². The van der Waals surface area contributed by atoms with E-state index in [1.165, 1.54) is 6.21 Å². The first-order valence-corrected chi connectivity index (χ1v) is 4.01. The maximum absolute atomic E-state index is 11.4. The van der Waals surface area contributed by atoms with Gasteiger partial charge in [0, 0.05) is 19.7 Å². The maximum atomic E-state index is 11.4. The third-order valence-corrected chi connectivity index (χ3v) is 1.46. The fraction of sp³-hybridized carbons (Fsp3) is 0.200. The molecule has 0 spiro atoms. The number of nitrogens with zero attached hydrogens (tertiary/aromatic N) is 2. The van der Waals surface area contributed by atoms with E-state index >= 15 is 0 Å². The van der Waals surface area contributed by atoms with Crippen molar-refractivity contribution >= 4 is 12.0 Å². The summed E-state index contributed by atoms with van der Waals surface area (Å²) in [5.41, 5.74) is 0.660. The Kier molecular flexibility index (Phi) is 3.20. The van der Waals surface area contributed by atoms with Gasteiger partial charge in [-0.3, -0.25) is 4.79 Å². The second kappa shape index (κ2) is 4.40. The molecule has 13 heavy (non-hydrogen) atoms. The summed E-state index contributed by atoms with van der Waals surface area (Å²) in [6, 6.07) is 9.07. The number of hydrazone groups is 1. The molecule has 0 atom stereocenters. The quantitative estimate of drug-likeness (QED) is 0.396. The van der Waals surface area contributed by atoms with Crippen LogP contribution in [0.3, 0.4) is 0 Å². The number of rotatable bonds is 3. The van der Waals surface area contributed by atoms with Crippen molar-refractivity contribution < 1.29 is 4.79 Å². The van der Waals surface area contributed by atoms with Crippen molar-refractivity contribution in [3.63, 3.8) is 0 Å². The van der Waals surface area contributed by atoms with E-state index in [0.29, 0.717) is 5.56 Å². The molecule has 0 heterocycles. The zero-order valence-corrected chi connectivity index (χ0v) is 7.77. The molecule has 0 saturated carbocycles. The summed E-state index contributed by atoms with van der Waals surface area (Å²) in [5, 5.41) is 5.44. The van der Waals surface area contributed by atoms with Crippen molar-refractivity contribution in [2.45, 2.75) is 0 Å². The second-order valence-corrected chi connectivity index (χ2v) is 2.82. The van der Waals surface area contributed by atoms with Crippen LogP contribution < -0.4 is 0 Å². The van der Waals surface area contributed by atoms with Gasteiger partial charge >= 0.3 is 0 Å². The van der Waals surface area contributed by atoms with Gasteiger partial charge in [0.25, 0.3) is 0 Å². The third kappa shape index (κ3) is 3.07. The van der Waals surface area contributed by atoms with Crippen LogP contribution in [0, 0.1) is 0 Å². The highest BCUT2D eigenvalue weighted by Crippen LogP contribution is 1.97. The van der Waals surface area contributed by atoms with Crippen LogP contribution in [0.4, 0.5) is 0 Å². The molecule has 0 radical (unpaired) electrons. The third-order valence-electron chi connectivity index (χ3n) is 1.46. The zero-order valence-electron chi connectivity index (χ0n) is 7.77. The maximum Gasteiger partial charge on any atom is 0.205 e. The zero-order chi connectivity index (χ0) is 9.68. The molecule has 0 aliphatic rings. The van der Waals surface area contributed by atoms with E-state index in [-0.39, 0.29) is 5.78 Å². The lowest BCUT2D eigenvalue weighted by atomic mass is 10.1. The molecule has 1 aromatic carbocycles. The van der Waals surface area contributed by atoms with Gasteiger partial charge in [0.2, 0.25) is 5.78 Å². The summed E-state index contributed by atoms with van der Waals surface area (Å²) in [6.07, 6.45) is 1.31. The average molecular weight is 176 g/mol. The fourth-order valence-corrected chi connectivity index (χ4v) is 0.845. The average Bonchev–Trinajstić information content (AvgIpc) is 2.15. The number of hydrogen-bond acceptors (Lipinski definition) is 3. The minimum Gasteiger partial charge on any atom is -0.303 e. The Morgan fingerprint density at radius 1 is 1.31 bits per heavy atom. The van der Waals surface area contributed by atoms with E-state index < -0.39 is 0 Å². The fourth-order valence-electron chi connectivity index (χ4n) is 0.845. The van der Waals surface area contributed by atoms with Crippen molar-refractivity contribution in [3.05, 3.63) is 35.9 Å². The Labute approximate surface area is 77.7 Å². The van der Waals surface area contributed by atoms with Crippen LogP contribution >= 0.6 is 0 Å². The summed E-state index contributed by atoms with van der Waals surface area (Å²) in [6.45, 7) is 0. The summed E-state index contributed by atoms with van der Waals surface area (Å²) in [5.74, 6) is -0.0747. The van der Waals surface area contributed by atoms with Gasteiger partial charge in [-0.15, -0.1) is 0 Å². The van der Waals surface area contributed by atoms with Crippen molar-refractivity contribution in [1.29, 1.82) is 0 Å². The molecular weight excluding hydrogens is 164 g/mol. The largest absolute Gasteiger partial charge is 0.303 e. The smallest absolute Gasteiger partial charge is 0.205 e. The number of hydrogen-bond donors (Lipinski definition) is 0. The van der Waals surface area contributed by atoms with Crippen LogP contribution in [-0.2, 0) is 0 Å². The molecule has 1 rings (SSSR count). The minimum absolute atomic E-state index is 0.0747. The van der Waals surface area contributed by atoms with Gasteiger partial charge in [0.15, 0.2) is 0 Å². The number of ketones is 1. The number of Topliss-reactive ketones (excluding diaryl/α,β-unsaturated/α-hetero) is 1. The molecule has 0 aliphatic heterocycles. The summed E-state index contributed by atoms with van der Waals surface area (Å²) >= 11 is 0. The van der Waals surface area contributed by atoms with Crippen molar-refractivity contribution in [3.8, 4) is 0 Å².